The van der Waals surface area contributed by atoms with E-state index in [0.29, 0.717) is 29.3 Å². The number of nitrogens with one attached hydrogen (secondary N) is 1. The van der Waals surface area contributed by atoms with Gasteiger partial charge in [-0.05, 0) is 30.2 Å². The largest absolute Gasteiger partial charge is 0.488 e. The lowest BCUT2D eigenvalue weighted by Gasteiger charge is -2.11. The molecule has 5 heteroatoms. The number of nitriles is 1. The molecule has 3 rings (SSSR count). The first-order chi connectivity index (χ1) is 14.7. The summed E-state index contributed by atoms with van der Waals surface area (Å²) >= 11 is 6.18. The van der Waals surface area contributed by atoms with Crippen LogP contribution in [0.4, 0.5) is 0 Å². The smallest absolute Gasteiger partial charge is 0.261 e. The highest BCUT2D eigenvalue weighted by Gasteiger charge is 2.11. The molecule has 30 heavy (non-hydrogen) atoms. The van der Waals surface area contributed by atoms with Gasteiger partial charge in [0.1, 0.15) is 24.0 Å². The number of rotatable bonds is 8. The number of amides is 1. The summed E-state index contributed by atoms with van der Waals surface area (Å²) in [6.07, 6.45) is 2.24. The van der Waals surface area contributed by atoms with Gasteiger partial charge < -0.3 is 10.1 Å². The van der Waals surface area contributed by atoms with Gasteiger partial charge in [-0.25, -0.2) is 0 Å². The van der Waals surface area contributed by atoms with Gasteiger partial charge in [0.05, 0.1) is 0 Å². The van der Waals surface area contributed by atoms with Gasteiger partial charge in [0.15, 0.2) is 0 Å². The molecule has 0 unspecified atom stereocenters. The molecule has 150 valence electrons. The van der Waals surface area contributed by atoms with Crippen molar-refractivity contribution < 1.29 is 9.53 Å². The zero-order valence-corrected chi connectivity index (χ0v) is 17.1. The lowest BCUT2D eigenvalue weighted by atomic mass is 10.1. The Morgan fingerprint density at radius 1 is 1.00 bits per heavy atom. The van der Waals surface area contributed by atoms with Crippen molar-refractivity contribution >= 4 is 23.6 Å². The quantitative estimate of drug-likeness (QED) is 0.406. The van der Waals surface area contributed by atoms with E-state index < -0.39 is 5.91 Å². The summed E-state index contributed by atoms with van der Waals surface area (Å²) in [5, 5.41) is 12.9. The van der Waals surface area contributed by atoms with Gasteiger partial charge in [0, 0.05) is 22.7 Å². The van der Waals surface area contributed by atoms with Gasteiger partial charge in [-0.2, -0.15) is 5.26 Å². The fraction of sp³-hybridized carbons (Fsp3) is 0.120. The fourth-order valence-electron chi connectivity index (χ4n) is 2.87. The zero-order valence-electron chi connectivity index (χ0n) is 16.3. The second-order valence-corrected chi connectivity index (χ2v) is 6.99. The number of halogens is 1. The minimum absolute atomic E-state index is 0.0249. The first-order valence-corrected chi connectivity index (χ1v) is 9.94. The molecular formula is C25H21ClN2O2. The topological polar surface area (TPSA) is 62.1 Å². The Labute approximate surface area is 181 Å². The molecule has 3 aromatic carbocycles. The molecule has 0 atom stereocenters. The first kappa shape index (κ1) is 21.2. The van der Waals surface area contributed by atoms with Crippen molar-refractivity contribution in [3.63, 3.8) is 0 Å². The normalized spacial score (nSPS) is 10.9. The molecule has 0 saturated carbocycles. The zero-order chi connectivity index (χ0) is 21.2. The average Bonchev–Trinajstić information content (AvgIpc) is 2.78. The SMILES string of the molecule is N#C/C(=C/c1ccccc1OCc1ccccc1Cl)C(=O)NCCc1ccccc1. The molecular weight excluding hydrogens is 396 g/mol. The number of nitrogens with zero attached hydrogens (tertiary/aromatic N) is 1. The third-order valence-electron chi connectivity index (χ3n) is 4.47. The van der Waals surface area contributed by atoms with Crippen molar-refractivity contribution in [3.05, 3.63) is 106 Å². The number of hydrogen-bond acceptors (Lipinski definition) is 3. The standard InChI is InChI=1S/C25H21ClN2O2/c26-23-12-6-4-11-21(23)18-30-24-13-7-5-10-20(24)16-22(17-27)25(29)28-15-14-19-8-2-1-3-9-19/h1-13,16H,14-15,18H2,(H,28,29)/b22-16-. The maximum absolute atomic E-state index is 12.4. The van der Waals surface area contributed by atoms with Gasteiger partial charge in [-0.15, -0.1) is 0 Å². The Balaban J connectivity index is 1.67. The van der Waals surface area contributed by atoms with E-state index in [9.17, 15) is 10.1 Å². The van der Waals surface area contributed by atoms with E-state index in [4.69, 9.17) is 16.3 Å². The predicted molar refractivity (Wildman–Crippen MR) is 119 cm³/mol. The van der Waals surface area contributed by atoms with Crippen LogP contribution < -0.4 is 10.1 Å². The summed E-state index contributed by atoms with van der Waals surface area (Å²) in [4.78, 5) is 12.4. The average molecular weight is 417 g/mol. The molecule has 0 radical (unpaired) electrons. The minimum Gasteiger partial charge on any atom is -0.488 e. The number of hydrogen-bond donors (Lipinski definition) is 1. The Hall–Kier alpha value is -3.55. The summed E-state index contributed by atoms with van der Waals surface area (Å²) in [6, 6.07) is 26.6. The Morgan fingerprint density at radius 3 is 2.47 bits per heavy atom. The molecule has 0 spiro atoms. The maximum Gasteiger partial charge on any atom is 0.261 e. The van der Waals surface area contributed by atoms with Crippen LogP contribution in [0.25, 0.3) is 6.08 Å². The number of ether oxygens (including phenoxy) is 1. The van der Waals surface area contributed by atoms with E-state index in [1.54, 1.807) is 24.3 Å². The Morgan fingerprint density at radius 2 is 1.70 bits per heavy atom. The van der Waals surface area contributed by atoms with Crippen LogP contribution in [-0.4, -0.2) is 12.5 Å². The van der Waals surface area contributed by atoms with Crippen LogP contribution in [0.1, 0.15) is 16.7 Å². The Bertz CT molecular complexity index is 1070. The summed E-state index contributed by atoms with van der Waals surface area (Å²) in [5.74, 6) is 0.164. The molecule has 0 fully saturated rings. The number of carbonyl (C=O) groups excluding carboxylic acids is 1. The lowest BCUT2D eigenvalue weighted by molar-refractivity contribution is -0.117. The first-order valence-electron chi connectivity index (χ1n) is 9.56. The molecule has 0 aromatic heterocycles. The lowest BCUT2D eigenvalue weighted by Crippen LogP contribution is -2.26. The molecule has 0 heterocycles. The number of para-hydroxylation sites is 1. The summed E-state index contributed by atoms with van der Waals surface area (Å²) in [7, 11) is 0. The van der Waals surface area contributed by atoms with E-state index in [-0.39, 0.29) is 12.2 Å². The predicted octanol–water partition coefficient (Wildman–Crippen LogP) is 5.18. The third-order valence-corrected chi connectivity index (χ3v) is 4.84. The van der Waals surface area contributed by atoms with Crippen molar-refractivity contribution in [1.82, 2.24) is 5.32 Å². The highest BCUT2D eigenvalue weighted by Crippen LogP contribution is 2.24. The second kappa shape index (κ2) is 10.8. The molecule has 3 aromatic rings. The van der Waals surface area contributed by atoms with Crippen LogP contribution in [0.2, 0.25) is 5.02 Å². The van der Waals surface area contributed by atoms with E-state index >= 15 is 0 Å². The monoisotopic (exact) mass is 416 g/mol. The van der Waals surface area contributed by atoms with Crippen LogP contribution in [0.3, 0.4) is 0 Å². The van der Waals surface area contributed by atoms with Gasteiger partial charge in [-0.3, -0.25) is 4.79 Å². The molecule has 1 amide bonds. The highest BCUT2D eigenvalue weighted by molar-refractivity contribution is 6.31. The summed E-state index contributed by atoms with van der Waals surface area (Å²) in [5.41, 5.74) is 2.66. The molecule has 1 N–H and O–H groups in total. The molecule has 0 aliphatic rings. The number of carbonyl (C=O) groups is 1. The summed E-state index contributed by atoms with van der Waals surface area (Å²) < 4.78 is 5.90. The van der Waals surface area contributed by atoms with Gasteiger partial charge in [0.25, 0.3) is 5.91 Å². The molecule has 4 nitrogen and oxygen atoms in total. The van der Waals surface area contributed by atoms with Crippen LogP contribution in [0, 0.1) is 11.3 Å². The van der Waals surface area contributed by atoms with Crippen molar-refractivity contribution in [3.8, 4) is 11.8 Å². The van der Waals surface area contributed by atoms with Crippen molar-refractivity contribution in [2.45, 2.75) is 13.0 Å². The van der Waals surface area contributed by atoms with Gasteiger partial charge >= 0.3 is 0 Å². The highest BCUT2D eigenvalue weighted by atomic mass is 35.5. The maximum atomic E-state index is 12.4. The number of benzene rings is 3. The third kappa shape index (κ3) is 5.97. The van der Waals surface area contributed by atoms with Crippen LogP contribution in [0.5, 0.6) is 5.75 Å². The van der Waals surface area contributed by atoms with Crippen LogP contribution in [-0.2, 0) is 17.8 Å². The molecule has 0 saturated heterocycles. The molecule has 0 aliphatic heterocycles. The van der Waals surface area contributed by atoms with Gasteiger partial charge in [0.2, 0.25) is 0 Å². The Kier molecular flexibility index (Phi) is 7.65. The van der Waals surface area contributed by atoms with E-state index in [1.165, 1.54) is 0 Å². The molecule has 0 aliphatic carbocycles. The van der Waals surface area contributed by atoms with Gasteiger partial charge in [-0.1, -0.05) is 78.3 Å². The van der Waals surface area contributed by atoms with Crippen LogP contribution >= 0.6 is 11.6 Å². The van der Waals surface area contributed by atoms with E-state index in [0.717, 1.165) is 11.1 Å². The van der Waals surface area contributed by atoms with E-state index in [2.05, 4.69) is 5.32 Å². The van der Waals surface area contributed by atoms with Crippen molar-refractivity contribution in [2.75, 3.05) is 6.54 Å². The van der Waals surface area contributed by atoms with E-state index in [1.807, 2.05) is 66.7 Å². The second-order valence-electron chi connectivity index (χ2n) is 6.58. The van der Waals surface area contributed by atoms with Crippen molar-refractivity contribution in [2.24, 2.45) is 0 Å². The molecule has 0 bridgehead atoms. The summed E-state index contributed by atoms with van der Waals surface area (Å²) in [6.45, 7) is 0.738. The fourth-order valence-corrected chi connectivity index (χ4v) is 3.06. The minimum atomic E-state index is -0.408. The van der Waals surface area contributed by atoms with Crippen LogP contribution in [0.15, 0.2) is 84.4 Å². The van der Waals surface area contributed by atoms with Crippen molar-refractivity contribution in [1.29, 1.82) is 5.26 Å².